The maximum absolute atomic E-state index is 12.3. The van der Waals surface area contributed by atoms with Crippen molar-refractivity contribution in [2.45, 2.75) is 13.0 Å². The Kier molecular flexibility index (Phi) is 8.09. The van der Waals surface area contributed by atoms with Crippen LogP contribution in [-0.2, 0) is 14.3 Å². The van der Waals surface area contributed by atoms with Crippen LogP contribution in [0.1, 0.15) is 24.1 Å². The average molecular weight is 418 g/mol. The summed E-state index contributed by atoms with van der Waals surface area (Å²) in [6, 6.07) is 12.8. The summed E-state index contributed by atoms with van der Waals surface area (Å²) in [6.07, 6.45) is 2.75. The molecule has 0 aromatic heterocycles. The summed E-state index contributed by atoms with van der Waals surface area (Å²) in [4.78, 5) is 25.8. The summed E-state index contributed by atoms with van der Waals surface area (Å²) in [7, 11) is 4.66. The van der Waals surface area contributed by atoms with Crippen LogP contribution in [-0.4, -0.2) is 44.7 Å². The largest absolute Gasteiger partial charge is 0.493 e. The van der Waals surface area contributed by atoms with Crippen LogP contribution < -0.4 is 9.47 Å². The van der Waals surface area contributed by atoms with Crippen LogP contribution in [0.3, 0.4) is 0 Å². The number of ether oxygens (including phenoxy) is 3. The first kappa shape index (κ1) is 22.3. The maximum atomic E-state index is 12.3. The average Bonchev–Trinajstić information content (AvgIpc) is 2.74. The first-order chi connectivity index (χ1) is 13.9. The molecule has 29 heavy (non-hydrogen) atoms. The SMILES string of the molecule is COc1cc(/C=C/C(=O)OCC(=O)N(C)[C@@H](C)c2ccccc2)cc(Cl)c1OC. The lowest BCUT2D eigenvalue weighted by molar-refractivity contribution is -0.148. The molecule has 0 aliphatic carbocycles. The Morgan fingerprint density at radius 3 is 2.45 bits per heavy atom. The Balaban J connectivity index is 1.94. The molecule has 0 aliphatic rings. The quantitative estimate of drug-likeness (QED) is 0.477. The third-order valence-electron chi connectivity index (χ3n) is 4.46. The Bertz CT molecular complexity index is 882. The minimum atomic E-state index is -0.634. The van der Waals surface area contributed by atoms with Crippen LogP contribution in [0, 0.1) is 0 Å². The van der Waals surface area contributed by atoms with E-state index in [1.807, 2.05) is 37.3 Å². The van der Waals surface area contributed by atoms with Gasteiger partial charge in [-0.2, -0.15) is 0 Å². The number of amides is 1. The highest BCUT2D eigenvalue weighted by atomic mass is 35.5. The van der Waals surface area contributed by atoms with Crippen molar-refractivity contribution in [1.82, 2.24) is 4.90 Å². The smallest absolute Gasteiger partial charge is 0.331 e. The monoisotopic (exact) mass is 417 g/mol. The van der Waals surface area contributed by atoms with E-state index in [4.69, 9.17) is 25.8 Å². The zero-order valence-electron chi connectivity index (χ0n) is 16.8. The number of benzene rings is 2. The third-order valence-corrected chi connectivity index (χ3v) is 4.74. The fraction of sp³-hybridized carbons (Fsp3) is 0.273. The van der Waals surface area contributed by atoms with Crippen molar-refractivity contribution in [3.8, 4) is 11.5 Å². The summed E-state index contributed by atoms with van der Waals surface area (Å²) in [6.45, 7) is 1.57. The van der Waals surface area contributed by atoms with Crippen LogP contribution in [0.25, 0.3) is 6.08 Å². The van der Waals surface area contributed by atoms with Crippen LogP contribution in [0.15, 0.2) is 48.5 Å². The molecule has 0 N–H and O–H groups in total. The van der Waals surface area contributed by atoms with E-state index >= 15 is 0 Å². The van der Waals surface area contributed by atoms with Gasteiger partial charge < -0.3 is 19.1 Å². The molecular weight excluding hydrogens is 394 g/mol. The molecule has 0 aliphatic heterocycles. The number of rotatable bonds is 8. The predicted octanol–water partition coefficient (Wildman–Crippen LogP) is 4.13. The molecule has 0 bridgehead atoms. The van der Waals surface area contributed by atoms with Crippen molar-refractivity contribution in [2.24, 2.45) is 0 Å². The number of carbonyl (C=O) groups excluding carboxylic acids is 2. The number of carbonyl (C=O) groups is 2. The standard InChI is InChI=1S/C22H24ClNO5/c1-15(17-8-6-5-7-9-17)24(2)20(25)14-29-21(26)11-10-16-12-18(23)22(28-4)19(13-16)27-3/h5-13,15H,14H2,1-4H3/b11-10+/t15-/m0/s1. The zero-order chi connectivity index (χ0) is 21.4. The number of nitrogens with zero attached hydrogens (tertiary/aromatic N) is 1. The first-order valence-corrected chi connectivity index (χ1v) is 9.32. The van der Waals surface area contributed by atoms with Crippen molar-refractivity contribution < 1.29 is 23.8 Å². The minimum absolute atomic E-state index is 0.133. The molecule has 0 radical (unpaired) electrons. The van der Waals surface area contributed by atoms with E-state index < -0.39 is 5.97 Å². The van der Waals surface area contributed by atoms with Gasteiger partial charge in [0.2, 0.25) is 0 Å². The van der Waals surface area contributed by atoms with E-state index in [1.165, 1.54) is 26.4 Å². The van der Waals surface area contributed by atoms with Crippen molar-refractivity contribution in [1.29, 1.82) is 0 Å². The van der Waals surface area contributed by atoms with Gasteiger partial charge >= 0.3 is 5.97 Å². The molecule has 7 heteroatoms. The highest BCUT2D eigenvalue weighted by Crippen LogP contribution is 2.36. The van der Waals surface area contributed by atoms with Crippen molar-refractivity contribution in [3.63, 3.8) is 0 Å². The van der Waals surface area contributed by atoms with Gasteiger partial charge in [0.1, 0.15) is 0 Å². The van der Waals surface area contributed by atoms with E-state index in [0.717, 1.165) is 5.56 Å². The van der Waals surface area contributed by atoms with Crippen molar-refractivity contribution in [3.05, 3.63) is 64.7 Å². The number of halogens is 1. The third kappa shape index (κ3) is 5.99. The molecule has 2 aromatic carbocycles. The number of likely N-dealkylation sites (N-methyl/N-ethyl adjacent to an activating group) is 1. The molecular formula is C22H24ClNO5. The lowest BCUT2D eigenvalue weighted by atomic mass is 10.1. The highest BCUT2D eigenvalue weighted by Gasteiger charge is 2.18. The Morgan fingerprint density at radius 1 is 1.14 bits per heavy atom. The van der Waals surface area contributed by atoms with Crippen LogP contribution in [0.2, 0.25) is 5.02 Å². The second kappa shape index (κ2) is 10.5. The van der Waals surface area contributed by atoms with E-state index in [2.05, 4.69) is 0 Å². The molecule has 0 fully saturated rings. The van der Waals surface area contributed by atoms with Crippen molar-refractivity contribution >= 4 is 29.6 Å². The van der Waals surface area contributed by atoms with Crippen LogP contribution >= 0.6 is 11.6 Å². The summed E-state index contributed by atoms with van der Waals surface area (Å²) in [5.74, 6) is -0.0722. The van der Waals surface area contributed by atoms with Crippen LogP contribution in [0.4, 0.5) is 0 Å². The number of hydrogen-bond donors (Lipinski definition) is 0. The zero-order valence-corrected chi connectivity index (χ0v) is 17.6. The van der Waals surface area contributed by atoms with Gasteiger partial charge in [-0.3, -0.25) is 4.79 Å². The predicted molar refractivity (Wildman–Crippen MR) is 112 cm³/mol. The second-order valence-electron chi connectivity index (χ2n) is 6.27. The summed E-state index contributed by atoms with van der Waals surface area (Å²) in [5.41, 5.74) is 1.63. The lowest BCUT2D eigenvalue weighted by Crippen LogP contribution is -2.33. The summed E-state index contributed by atoms with van der Waals surface area (Å²) < 4.78 is 15.4. The van der Waals surface area contributed by atoms with Gasteiger partial charge in [-0.15, -0.1) is 0 Å². The van der Waals surface area contributed by atoms with Crippen molar-refractivity contribution in [2.75, 3.05) is 27.9 Å². The van der Waals surface area contributed by atoms with Gasteiger partial charge in [-0.05, 0) is 36.3 Å². The molecule has 1 atom stereocenters. The summed E-state index contributed by atoms with van der Waals surface area (Å²) in [5, 5.41) is 0.353. The van der Waals surface area contributed by atoms with E-state index in [-0.39, 0.29) is 18.6 Å². The van der Waals surface area contributed by atoms with E-state index in [0.29, 0.717) is 22.1 Å². The number of hydrogen-bond acceptors (Lipinski definition) is 5. The fourth-order valence-electron chi connectivity index (χ4n) is 2.65. The van der Waals surface area contributed by atoms with E-state index in [9.17, 15) is 9.59 Å². The molecule has 6 nitrogen and oxygen atoms in total. The molecule has 154 valence electrons. The second-order valence-corrected chi connectivity index (χ2v) is 6.68. The molecule has 0 heterocycles. The molecule has 0 unspecified atom stereocenters. The van der Waals surface area contributed by atoms with Gasteiger partial charge in [0.15, 0.2) is 18.1 Å². The highest BCUT2D eigenvalue weighted by molar-refractivity contribution is 6.32. The molecule has 1 amide bonds. The van der Waals surface area contributed by atoms with Gasteiger partial charge in [-0.1, -0.05) is 41.9 Å². The van der Waals surface area contributed by atoms with Gasteiger partial charge in [0.25, 0.3) is 5.91 Å². The molecule has 2 rings (SSSR count). The Hall–Kier alpha value is -2.99. The molecule has 0 saturated heterocycles. The van der Waals surface area contributed by atoms with Gasteiger partial charge in [0, 0.05) is 13.1 Å². The van der Waals surface area contributed by atoms with Gasteiger partial charge in [0.05, 0.1) is 25.3 Å². The number of methoxy groups -OCH3 is 2. The first-order valence-electron chi connectivity index (χ1n) is 8.94. The topological polar surface area (TPSA) is 65.1 Å². The normalized spacial score (nSPS) is 11.8. The van der Waals surface area contributed by atoms with E-state index in [1.54, 1.807) is 24.1 Å². The molecule has 0 saturated carbocycles. The molecule has 0 spiro atoms. The lowest BCUT2D eigenvalue weighted by Gasteiger charge is -2.25. The van der Waals surface area contributed by atoms with Crippen LogP contribution in [0.5, 0.6) is 11.5 Å². The Morgan fingerprint density at radius 2 is 1.83 bits per heavy atom. The van der Waals surface area contributed by atoms with Gasteiger partial charge in [-0.25, -0.2) is 4.79 Å². The Labute approximate surface area is 175 Å². The molecule has 2 aromatic rings. The number of esters is 1. The fourth-order valence-corrected chi connectivity index (χ4v) is 2.95. The summed E-state index contributed by atoms with van der Waals surface area (Å²) >= 11 is 6.14. The minimum Gasteiger partial charge on any atom is -0.493 e. The maximum Gasteiger partial charge on any atom is 0.331 e.